The molecule has 0 radical (unpaired) electrons. The van der Waals surface area contributed by atoms with Crippen molar-refractivity contribution in [2.45, 2.75) is 46.2 Å². The summed E-state index contributed by atoms with van der Waals surface area (Å²) in [6.07, 6.45) is 1.86. The van der Waals surface area contributed by atoms with E-state index in [2.05, 4.69) is 5.73 Å². The molecule has 1 aromatic rings. The lowest BCUT2D eigenvalue weighted by Gasteiger charge is -2.43. The molecule has 0 amide bonds. The number of halogens is 1. The molecule has 2 rings (SSSR count). The van der Waals surface area contributed by atoms with Gasteiger partial charge in [-0.1, -0.05) is 37.6 Å². The Labute approximate surface area is 176 Å². The molecule has 0 aromatic heterocycles. The van der Waals surface area contributed by atoms with Crippen LogP contribution in [0.15, 0.2) is 36.1 Å². The third-order valence-corrected chi connectivity index (χ3v) is 5.10. The third-order valence-electron chi connectivity index (χ3n) is 4.85. The van der Waals surface area contributed by atoms with Crippen LogP contribution in [0.4, 0.5) is 0 Å². The maximum absolute atomic E-state index is 11.5. The van der Waals surface area contributed by atoms with Gasteiger partial charge in [0.25, 0.3) is 0 Å². The fraction of sp³-hybridized carbons (Fsp3) is 0.500. The molecule has 6 nitrogen and oxygen atoms in total. The van der Waals surface area contributed by atoms with Crippen LogP contribution in [0.3, 0.4) is 0 Å². The molecule has 1 saturated heterocycles. The first-order valence-corrected chi connectivity index (χ1v) is 9.90. The number of carbonyl (C=O) groups is 2. The van der Waals surface area contributed by atoms with Gasteiger partial charge in [0.15, 0.2) is 12.4 Å². The Balaban J connectivity index is 2.02. The van der Waals surface area contributed by atoms with Gasteiger partial charge in [0.1, 0.15) is 6.61 Å². The van der Waals surface area contributed by atoms with Gasteiger partial charge in [-0.25, -0.2) is 0 Å². The predicted octanol–water partition coefficient (Wildman–Crippen LogP) is 4.02. The number of hydrogen-bond donors (Lipinski definition) is 0. The first-order valence-electron chi connectivity index (χ1n) is 9.52. The van der Waals surface area contributed by atoms with Gasteiger partial charge in [-0.2, -0.15) is 0 Å². The van der Waals surface area contributed by atoms with E-state index in [1.54, 1.807) is 24.3 Å². The van der Waals surface area contributed by atoms with Crippen LogP contribution >= 0.6 is 11.6 Å². The fourth-order valence-electron chi connectivity index (χ4n) is 3.04. The molecule has 158 valence electrons. The Morgan fingerprint density at radius 2 is 1.83 bits per heavy atom. The zero-order chi connectivity index (χ0) is 21.4. The molecule has 0 bridgehead atoms. The predicted molar refractivity (Wildman–Crippen MR) is 109 cm³/mol. The van der Waals surface area contributed by atoms with Crippen molar-refractivity contribution < 1.29 is 28.5 Å². The van der Waals surface area contributed by atoms with Crippen molar-refractivity contribution in [1.29, 1.82) is 0 Å². The summed E-state index contributed by atoms with van der Waals surface area (Å²) in [4.78, 5) is 22.7. The molecule has 0 saturated carbocycles. The molecule has 0 aliphatic carbocycles. The van der Waals surface area contributed by atoms with Gasteiger partial charge in [-0.05, 0) is 35.8 Å². The van der Waals surface area contributed by atoms with E-state index >= 15 is 0 Å². The Kier molecular flexibility index (Phi) is 8.93. The number of benzene rings is 1. The highest BCUT2D eigenvalue weighted by molar-refractivity contribution is 6.30. The quantitative estimate of drug-likeness (QED) is 0.488. The fourth-order valence-corrected chi connectivity index (χ4v) is 3.17. The second kappa shape index (κ2) is 11.2. The van der Waals surface area contributed by atoms with E-state index in [4.69, 9.17) is 30.5 Å². The van der Waals surface area contributed by atoms with E-state index < -0.39 is 18.4 Å². The molecule has 1 aromatic carbocycles. The average molecular weight is 423 g/mol. The number of rotatable bonds is 7. The maximum atomic E-state index is 11.5. The molecular formula is C22H27ClO6. The van der Waals surface area contributed by atoms with Crippen LogP contribution in [0.5, 0.6) is 0 Å². The van der Waals surface area contributed by atoms with Crippen molar-refractivity contribution in [1.82, 2.24) is 0 Å². The largest absolute Gasteiger partial charge is 0.463 e. The van der Waals surface area contributed by atoms with Crippen molar-refractivity contribution in [3.8, 4) is 0 Å². The Morgan fingerprint density at radius 3 is 2.45 bits per heavy atom. The molecular weight excluding hydrogens is 396 g/mol. The highest BCUT2D eigenvalue weighted by Crippen LogP contribution is 2.33. The van der Waals surface area contributed by atoms with Gasteiger partial charge < -0.3 is 18.9 Å². The minimum absolute atomic E-state index is 0.0129. The van der Waals surface area contributed by atoms with Gasteiger partial charge in [0.05, 0.1) is 12.7 Å². The lowest BCUT2D eigenvalue weighted by Crippen LogP contribution is -2.53. The van der Waals surface area contributed by atoms with E-state index in [0.717, 1.165) is 5.56 Å². The second-order valence-electron chi connectivity index (χ2n) is 7.04. The third kappa shape index (κ3) is 7.33. The molecule has 29 heavy (non-hydrogen) atoms. The zero-order valence-corrected chi connectivity index (χ0v) is 17.8. The van der Waals surface area contributed by atoms with Crippen LogP contribution in [0.2, 0.25) is 5.02 Å². The Hall–Kier alpha value is -2.11. The van der Waals surface area contributed by atoms with Gasteiger partial charge in [0, 0.05) is 24.8 Å². The highest BCUT2D eigenvalue weighted by Gasteiger charge is 2.44. The van der Waals surface area contributed by atoms with Crippen molar-refractivity contribution in [2.75, 3.05) is 13.2 Å². The molecule has 1 aliphatic rings. The summed E-state index contributed by atoms with van der Waals surface area (Å²) in [5.74, 6) is -0.795. The molecule has 5 unspecified atom stereocenters. The average Bonchev–Trinajstić information content (AvgIpc) is 2.67. The second-order valence-corrected chi connectivity index (χ2v) is 7.47. The number of esters is 2. The van der Waals surface area contributed by atoms with Gasteiger partial charge in [0.2, 0.25) is 0 Å². The Bertz CT molecular complexity index is 751. The van der Waals surface area contributed by atoms with E-state index in [1.165, 1.54) is 13.8 Å². The molecule has 1 aliphatic heterocycles. The topological polar surface area (TPSA) is 71.1 Å². The maximum Gasteiger partial charge on any atom is 0.303 e. The minimum atomic E-state index is -0.765. The van der Waals surface area contributed by atoms with Crippen molar-refractivity contribution >= 4 is 29.6 Å². The Morgan fingerprint density at radius 1 is 1.14 bits per heavy atom. The highest BCUT2D eigenvalue weighted by atomic mass is 35.5. The lowest BCUT2D eigenvalue weighted by molar-refractivity contribution is -0.277. The van der Waals surface area contributed by atoms with Crippen LogP contribution in [-0.2, 0) is 28.5 Å². The first-order chi connectivity index (χ1) is 13.8. The molecule has 5 atom stereocenters. The van der Waals surface area contributed by atoms with Gasteiger partial charge >= 0.3 is 11.9 Å². The van der Waals surface area contributed by atoms with E-state index in [9.17, 15) is 9.59 Å². The molecule has 1 fully saturated rings. The monoisotopic (exact) mass is 422 g/mol. The lowest BCUT2D eigenvalue weighted by atomic mass is 9.83. The van der Waals surface area contributed by atoms with Crippen LogP contribution in [-0.4, -0.2) is 43.7 Å². The van der Waals surface area contributed by atoms with Gasteiger partial charge in [-0.3, -0.25) is 9.59 Å². The SMILES string of the molecule is CC(=O)OCC1OC(OCC=C=Cc2ccc(Cl)cc2)C(OC(C)=O)C(C)C1C. The molecule has 0 spiro atoms. The van der Waals surface area contributed by atoms with Crippen LogP contribution in [0.25, 0.3) is 6.08 Å². The number of carbonyl (C=O) groups excluding carboxylic acids is 2. The van der Waals surface area contributed by atoms with Crippen molar-refractivity contribution in [2.24, 2.45) is 11.8 Å². The summed E-state index contributed by atoms with van der Waals surface area (Å²) in [7, 11) is 0. The van der Waals surface area contributed by atoms with Crippen molar-refractivity contribution in [3.63, 3.8) is 0 Å². The summed E-state index contributed by atoms with van der Waals surface area (Å²) in [6.45, 7) is 6.99. The molecule has 7 heteroatoms. The standard InChI is InChI=1S/C22H27ClO6/c1-14-15(2)21(28-17(4)25)22(29-20(14)13-27-16(3)24)26-12-6-5-7-18-8-10-19(23)11-9-18/h6-11,14-15,20-22H,12-13H2,1-4H3. The summed E-state index contributed by atoms with van der Waals surface area (Å²) in [5.41, 5.74) is 4.00. The minimum Gasteiger partial charge on any atom is -0.463 e. The van der Waals surface area contributed by atoms with Crippen LogP contribution in [0, 0.1) is 11.8 Å². The number of ether oxygens (including phenoxy) is 4. The zero-order valence-electron chi connectivity index (χ0n) is 17.1. The summed E-state index contributed by atoms with van der Waals surface area (Å²) < 4.78 is 22.3. The van der Waals surface area contributed by atoms with E-state index in [-0.39, 0.29) is 37.1 Å². The molecule has 0 N–H and O–H groups in total. The molecule has 1 heterocycles. The normalized spacial score (nSPS) is 26.2. The van der Waals surface area contributed by atoms with Gasteiger partial charge in [-0.15, -0.1) is 5.73 Å². The van der Waals surface area contributed by atoms with Crippen LogP contribution < -0.4 is 0 Å². The summed E-state index contributed by atoms with van der Waals surface area (Å²) in [6, 6.07) is 7.37. The summed E-state index contributed by atoms with van der Waals surface area (Å²) in [5, 5.41) is 0.673. The van der Waals surface area contributed by atoms with E-state index in [1.807, 2.05) is 26.0 Å². The van der Waals surface area contributed by atoms with Crippen LogP contribution in [0.1, 0.15) is 33.3 Å². The first kappa shape index (κ1) is 23.2. The number of hydrogen-bond acceptors (Lipinski definition) is 6. The smallest absolute Gasteiger partial charge is 0.303 e. The van der Waals surface area contributed by atoms with E-state index in [0.29, 0.717) is 5.02 Å². The van der Waals surface area contributed by atoms with Crippen molar-refractivity contribution in [3.05, 3.63) is 46.7 Å². The summed E-state index contributed by atoms with van der Waals surface area (Å²) >= 11 is 5.87.